The first-order chi connectivity index (χ1) is 16.4. The van der Waals surface area contributed by atoms with Gasteiger partial charge in [0.1, 0.15) is 0 Å². The molecular weight excluding hydrogens is 426 g/mol. The minimum absolute atomic E-state index is 0.0340. The van der Waals surface area contributed by atoms with Crippen molar-refractivity contribution in [3.05, 3.63) is 65.2 Å². The first-order valence-electron chi connectivity index (χ1n) is 12.3. The van der Waals surface area contributed by atoms with Gasteiger partial charge >= 0.3 is 0 Å². The molecule has 8 heteroatoms. The van der Waals surface area contributed by atoms with Gasteiger partial charge < -0.3 is 10.0 Å². The standard InChI is InChI=1S/C24H31N3O4S/c1-17-3-5-18(6-4-17)15-27-14-12-22(24(27)29)26-13-11-21(23(28)16-26)19-7-9-20(10-8-19)25-32(2,30)31/h3-10,21-23,25,28H,11-16H2,1-2H3/i1D3. The Morgan fingerprint density at radius 1 is 1.09 bits per heavy atom. The summed E-state index contributed by atoms with van der Waals surface area (Å²) in [6.45, 7) is -0.0118. The number of aliphatic hydroxyl groups excluding tert-OH is 1. The monoisotopic (exact) mass is 460 g/mol. The molecule has 2 heterocycles. The van der Waals surface area contributed by atoms with Crippen LogP contribution in [0, 0.1) is 6.85 Å². The Bertz CT molecular complexity index is 1150. The number of rotatable bonds is 6. The van der Waals surface area contributed by atoms with Gasteiger partial charge in [-0.05, 0) is 49.5 Å². The number of likely N-dealkylation sites (tertiary alicyclic amines) is 2. The molecule has 3 unspecified atom stereocenters. The van der Waals surface area contributed by atoms with Gasteiger partial charge in [0.25, 0.3) is 0 Å². The van der Waals surface area contributed by atoms with Crippen molar-refractivity contribution in [1.82, 2.24) is 9.80 Å². The third kappa shape index (κ3) is 5.31. The number of nitrogens with zero attached hydrogens (tertiary/aromatic N) is 2. The van der Waals surface area contributed by atoms with E-state index in [1.165, 1.54) is 0 Å². The molecule has 2 aromatic rings. The molecular formula is C24H31N3O4S. The maximum Gasteiger partial charge on any atom is 0.240 e. The van der Waals surface area contributed by atoms with E-state index in [0.29, 0.717) is 44.7 Å². The summed E-state index contributed by atoms with van der Waals surface area (Å²) >= 11 is 0. The summed E-state index contributed by atoms with van der Waals surface area (Å²) in [7, 11) is -3.34. The highest BCUT2D eigenvalue weighted by Crippen LogP contribution is 2.32. The number of amides is 1. The maximum absolute atomic E-state index is 13.1. The summed E-state index contributed by atoms with van der Waals surface area (Å²) in [4.78, 5) is 17.0. The third-order valence-electron chi connectivity index (χ3n) is 6.29. The van der Waals surface area contributed by atoms with Crippen molar-refractivity contribution in [2.75, 3.05) is 30.6 Å². The number of carbonyl (C=O) groups is 1. The Kier molecular flexibility index (Phi) is 5.49. The highest BCUT2D eigenvalue weighted by atomic mass is 32.2. The summed E-state index contributed by atoms with van der Waals surface area (Å²) in [5.41, 5.74) is 2.59. The number of carbonyl (C=O) groups excluding carboxylic acids is 1. The molecule has 32 heavy (non-hydrogen) atoms. The minimum atomic E-state index is -3.34. The largest absolute Gasteiger partial charge is 0.391 e. The van der Waals surface area contributed by atoms with E-state index >= 15 is 0 Å². The number of sulfonamides is 1. The molecule has 0 radical (unpaired) electrons. The molecule has 0 bridgehead atoms. The van der Waals surface area contributed by atoms with Crippen molar-refractivity contribution < 1.29 is 22.4 Å². The van der Waals surface area contributed by atoms with Crippen LogP contribution < -0.4 is 4.72 Å². The zero-order valence-corrected chi connectivity index (χ0v) is 18.9. The summed E-state index contributed by atoms with van der Waals surface area (Å²) in [6.07, 6.45) is 1.85. The van der Waals surface area contributed by atoms with Crippen molar-refractivity contribution in [3.8, 4) is 0 Å². The Labute approximate surface area is 194 Å². The van der Waals surface area contributed by atoms with E-state index in [-0.39, 0.29) is 23.4 Å². The topological polar surface area (TPSA) is 89.9 Å². The SMILES string of the molecule is [2H]C([2H])([2H])c1ccc(CN2CCC(N3CCC(c4ccc(NS(C)(=O)=O)cc4)C(O)C3)C2=O)cc1. The molecule has 1 amide bonds. The van der Waals surface area contributed by atoms with Gasteiger partial charge in [0.15, 0.2) is 0 Å². The van der Waals surface area contributed by atoms with Crippen LogP contribution in [-0.4, -0.2) is 67.3 Å². The molecule has 172 valence electrons. The lowest BCUT2D eigenvalue weighted by molar-refractivity contribution is -0.133. The minimum Gasteiger partial charge on any atom is -0.391 e. The molecule has 0 spiro atoms. The Morgan fingerprint density at radius 2 is 1.81 bits per heavy atom. The zero-order chi connectivity index (χ0) is 25.4. The summed E-state index contributed by atoms with van der Waals surface area (Å²) in [5, 5.41) is 10.9. The molecule has 0 saturated carbocycles. The van der Waals surface area contributed by atoms with Crippen molar-refractivity contribution in [1.29, 1.82) is 0 Å². The maximum atomic E-state index is 13.1. The van der Waals surface area contributed by atoms with E-state index in [0.717, 1.165) is 17.4 Å². The van der Waals surface area contributed by atoms with Crippen molar-refractivity contribution >= 4 is 21.6 Å². The average molecular weight is 461 g/mol. The average Bonchev–Trinajstić information content (AvgIpc) is 3.13. The number of aliphatic hydroxyl groups is 1. The predicted octanol–water partition coefficient (Wildman–Crippen LogP) is 2.32. The molecule has 4 rings (SSSR count). The van der Waals surface area contributed by atoms with E-state index in [9.17, 15) is 18.3 Å². The number of anilines is 1. The highest BCUT2D eigenvalue weighted by Gasteiger charge is 2.39. The van der Waals surface area contributed by atoms with Crippen molar-refractivity contribution in [2.45, 2.75) is 44.3 Å². The summed E-state index contributed by atoms with van der Waals surface area (Å²) in [6, 6.07) is 13.5. The Balaban J connectivity index is 1.34. The fourth-order valence-electron chi connectivity index (χ4n) is 4.69. The lowest BCUT2D eigenvalue weighted by Crippen LogP contribution is -2.50. The highest BCUT2D eigenvalue weighted by molar-refractivity contribution is 7.92. The van der Waals surface area contributed by atoms with Crippen LogP contribution in [-0.2, 0) is 21.4 Å². The van der Waals surface area contributed by atoms with Crippen LogP contribution in [0.3, 0.4) is 0 Å². The number of β-amino-alcohol motifs (C(OH)–C–C–N with tert-alkyl or cyclic N) is 1. The van der Waals surface area contributed by atoms with Gasteiger partial charge in [0.05, 0.1) is 18.4 Å². The van der Waals surface area contributed by atoms with Gasteiger partial charge in [-0.3, -0.25) is 14.4 Å². The Hall–Kier alpha value is -2.42. The van der Waals surface area contributed by atoms with E-state index in [1.807, 2.05) is 12.1 Å². The van der Waals surface area contributed by atoms with E-state index in [4.69, 9.17) is 4.11 Å². The molecule has 2 N–H and O–H groups in total. The van der Waals surface area contributed by atoms with Gasteiger partial charge in [-0.25, -0.2) is 8.42 Å². The normalized spacial score (nSPS) is 26.4. The fraction of sp³-hybridized carbons (Fsp3) is 0.458. The number of piperidine rings is 1. The third-order valence-corrected chi connectivity index (χ3v) is 6.90. The molecule has 2 fully saturated rings. The van der Waals surface area contributed by atoms with E-state index < -0.39 is 23.0 Å². The molecule has 2 aromatic carbocycles. The smallest absolute Gasteiger partial charge is 0.240 e. The Morgan fingerprint density at radius 3 is 2.44 bits per heavy atom. The van der Waals surface area contributed by atoms with Crippen LogP contribution in [0.1, 0.15) is 39.6 Å². The fourth-order valence-corrected chi connectivity index (χ4v) is 5.25. The van der Waals surface area contributed by atoms with Crippen LogP contribution in [0.4, 0.5) is 5.69 Å². The van der Waals surface area contributed by atoms with Crippen molar-refractivity contribution in [2.24, 2.45) is 0 Å². The first-order valence-corrected chi connectivity index (χ1v) is 12.7. The molecule has 2 aliphatic rings. The van der Waals surface area contributed by atoms with Gasteiger partial charge in [-0.1, -0.05) is 42.0 Å². The molecule has 7 nitrogen and oxygen atoms in total. The van der Waals surface area contributed by atoms with Crippen LogP contribution in [0.15, 0.2) is 48.5 Å². The second-order valence-corrected chi connectivity index (χ2v) is 10.5. The number of nitrogens with one attached hydrogen (secondary N) is 1. The van der Waals surface area contributed by atoms with E-state index in [1.54, 1.807) is 41.3 Å². The molecule has 2 aliphatic heterocycles. The summed E-state index contributed by atoms with van der Waals surface area (Å²) < 4.78 is 47.7. The number of hydrogen-bond acceptors (Lipinski definition) is 5. The predicted molar refractivity (Wildman–Crippen MR) is 125 cm³/mol. The number of benzene rings is 2. The van der Waals surface area contributed by atoms with Crippen LogP contribution >= 0.6 is 0 Å². The van der Waals surface area contributed by atoms with Gasteiger partial charge in [-0.2, -0.15) is 0 Å². The zero-order valence-electron chi connectivity index (χ0n) is 21.1. The molecule has 3 atom stereocenters. The van der Waals surface area contributed by atoms with Crippen LogP contribution in [0.25, 0.3) is 0 Å². The van der Waals surface area contributed by atoms with Crippen LogP contribution in [0.5, 0.6) is 0 Å². The second kappa shape index (κ2) is 9.21. The van der Waals surface area contributed by atoms with Crippen molar-refractivity contribution in [3.63, 3.8) is 0 Å². The quantitative estimate of drug-likeness (QED) is 0.691. The second-order valence-electron chi connectivity index (χ2n) is 8.71. The first kappa shape index (κ1) is 19.1. The van der Waals surface area contributed by atoms with Gasteiger partial charge in [-0.15, -0.1) is 0 Å². The number of aryl methyl sites for hydroxylation is 1. The van der Waals surface area contributed by atoms with Crippen LogP contribution in [0.2, 0.25) is 0 Å². The lowest BCUT2D eigenvalue weighted by atomic mass is 9.86. The van der Waals surface area contributed by atoms with Gasteiger partial charge in [0, 0.05) is 35.4 Å². The molecule has 0 aliphatic carbocycles. The van der Waals surface area contributed by atoms with Gasteiger partial charge in [0.2, 0.25) is 15.9 Å². The molecule has 0 aromatic heterocycles. The summed E-state index contributed by atoms with van der Waals surface area (Å²) in [5.74, 6) is -0.0466. The lowest BCUT2D eigenvalue weighted by Gasteiger charge is -2.38. The number of hydrogen-bond donors (Lipinski definition) is 2. The van der Waals surface area contributed by atoms with E-state index in [2.05, 4.69) is 9.62 Å². The molecule has 2 saturated heterocycles.